The highest BCUT2D eigenvalue weighted by atomic mass is 79.9. The molecule has 11 heteroatoms. The first-order valence-electron chi connectivity index (χ1n) is 9.48. The third-order valence-corrected chi connectivity index (χ3v) is 4.80. The number of halogens is 1. The van der Waals surface area contributed by atoms with Gasteiger partial charge in [-0.3, -0.25) is 19.0 Å². The van der Waals surface area contributed by atoms with Gasteiger partial charge in [0.15, 0.2) is 5.69 Å². The van der Waals surface area contributed by atoms with Crippen LogP contribution in [0.25, 0.3) is 0 Å². The Kier molecular flexibility index (Phi) is 5.94. The zero-order valence-corrected chi connectivity index (χ0v) is 18.2. The summed E-state index contributed by atoms with van der Waals surface area (Å²) in [5, 5.41) is 18.2. The molecule has 31 heavy (non-hydrogen) atoms. The fraction of sp³-hybridized carbons (Fsp3) is 0.150. The average Bonchev–Trinajstić information content (AvgIpc) is 3.49. The van der Waals surface area contributed by atoms with Crippen molar-refractivity contribution in [2.75, 3.05) is 10.6 Å². The Bertz CT molecular complexity index is 1230. The molecule has 1 aromatic carbocycles. The summed E-state index contributed by atoms with van der Waals surface area (Å²) >= 11 is 3.34. The molecule has 0 unspecified atom stereocenters. The number of anilines is 2. The van der Waals surface area contributed by atoms with Gasteiger partial charge in [0.25, 0.3) is 11.8 Å². The third-order valence-electron chi connectivity index (χ3n) is 4.39. The average molecular weight is 483 g/mol. The number of carbonyl (C=O) groups excluding carboxylic acids is 2. The maximum atomic E-state index is 12.6. The van der Waals surface area contributed by atoms with E-state index in [0.29, 0.717) is 30.3 Å². The highest BCUT2D eigenvalue weighted by molar-refractivity contribution is 9.10. The SMILES string of the molecule is CCn1nccc1C(=O)Nc1cccc(NC(=O)c2ccn(Cn3cc(Br)cn3)n2)c1. The Morgan fingerprint density at radius 3 is 2.52 bits per heavy atom. The normalized spacial score (nSPS) is 10.8. The van der Waals surface area contributed by atoms with Crippen LogP contribution < -0.4 is 10.6 Å². The van der Waals surface area contributed by atoms with Crippen molar-refractivity contribution >= 4 is 39.1 Å². The number of amides is 2. The molecule has 3 heterocycles. The minimum Gasteiger partial charge on any atom is -0.321 e. The first-order chi connectivity index (χ1) is 15.0. The summed E-state index contributed by atoms with van der Waals surface area (Å²) in [6.45, 7) is 2.89. The number of aryl methyl sites for hydroxylation is 1. The van der Waals surface area contributed by atoms with Crippen molar-refractivity contribution in [3.05, 3.63) is 77.0 Å². The predicted octanol–water partition coefficient (Wildman–Crippen LogP) is 3.07. The maximum Gasteiger partial charge on any atom is 0.276 e. The Hall–Kier alpha value is -3.73. The largest absolute Gasteiger partial charge is 0.321 e. The molecule has 3 aromatic heterocycles. The van der Waals surface area contributed by atoms with Crippen LogP contribution in [0.3, 0.4) is 0 Å². The summed E-state index contributed by atoms with van der Waals surface area (Å²) in [6, 6.07) is 10.2. The molecule has 0 radical (unpaired) electrons. The molecular formula is C20H19BrN8O2. The number of rotatable bonds is 7. The van der Waals surface area contributed by atoms with E-state index in [1.54, 1.807) is 69.0 Å². The minimum absolute atomic E-state index is 0.271. The minimum atomic E-state index is -0.354. The molecular weight excluding hydrogens is 464 g/mol. The molecule has 158 valence electrons. The van der Waals surface area contributed by atoms with Crippen molar-refractivity contribution in [1.82, 2.24) is 29.3 Å². The van der Waals surface area contributed by atoms with Crippen LogP contribution >= 0.6 is 15.9 Å². The van der Waals surface area contributed by atoms with Crippen LogP contribution in [0.5, 0.6) is 0 Å². The zero-order valence-electron chi connectivity index (χ0n) is 16.6. The molecule has 2 N–H and O–H groups in total. The molecule has 0 aliphatic carbocycles. The van der Waals surface area contributed by atoms with Gasteiger partial charge in [0, 0.05) is 36.5 Å². The van der Waals surface area contributed by atoms with Crippen LogP contribution in [0.1, 0.15) is 27.9 Å². The molecule has 0 bridgehead atoms. The quantitative estimate of drug-likeness (QED) is 0.420. The van der Waals surface area contributed by atoms with Gasteiger partial charge in [-0.25, -0.2) is 4.68 Å². The Labute approximate surface area is 186 Å². The number of benzene rings is 1. The zero-order chi connectivity index (χ0) is 21.8. The highest BCUT2D eigenvalue weighted by Crippen LogP contribution is 2.17. The number of nitrogens with zero attached hydrogens (tertiary/aromatic N) is 6. The molecule has 0 fully saturated rings. The molecule has 0 saturated carbocycles. The lowest BCUT2D eigenvalue weighted by molar-refractivity contribution is 0.101. The second kappa shape index (κ2) is 8.96. The van der Waals surface area contributed by atoms with Gasteiger partial charge in [-0.2, -0.15) is 15.3 Å². The molecule has 0 spiro atoms. The van der Waals surface area contributed by atoms with Gasteiger partial charge in [0.05, 0.1) is 10.7 Å². The van der Waals surface area contributed by atoms with E-state index >= 15 is 0 Å². The Morgan fingerprint density at radius 2 is 1.81 bits per heavy atom. The predicted molar refractivity (Wildman–Crippen MR) is 118 cm³/mol. The Balaban J connectivity index is 1.40. The van der Waals surface area contributed by atoms with E-state index in [9.17, 15) is 9.59 Å². The van der Waals surface area contributed by atoms with E-state index in [-0.39, 0.29) is 17.5 Å². The molecule has 2 amide bonds. The van der Waals surface area contributed by atoms with Crippen LogP contribution in [0.4, 0.5) is 11.4 Å². The smallest absolute Gasteiger partial charge is 0.276 e. The van der Waals surface area contributed by atoms with Gasteiger partial charge in [-0.1, -0.05) is 6.07 Å². The first kappa shape index (κ1) is 20.5. The van der Waals surface area contributed by atoms with Crippen molar-refractivity contribution in [2.45, 2.75) is 20.1 Å². The summed E-state index contributed by atoms with van der Waals surface area (Å²) in [6.07, 6.45) is 6.78. The number of nitrogens with one attached hydrogen (secondary N) is 2. The topological polar surface area (TPSA) is 112 Å². The maximum absolute atomic E-state index is 12.6. The van der Waals surface area contributed by atoms with Crippen LogP contribution in [-0.4, -0.2) is 41.2 Å². The van der Waals surface area contributed by atoms with Gasteiger partial charge in [0.1, 0.15) is 12.4 Å². The number of aromatic nitrogens is 6. The van der Waals surface area contributed by atoms with E-state index in [1.165, 1.54) is 0 Å². The van der Waals surface area contributed by atoms with Crippen LogP contribution in [0.15, 0.2) is 65.7 Å². The summed E-state index contributed by atoms with van der Waals surface area (Å²) in [7, 11) is 0. The fourth-order valence-electron chi connectivity index (χ4n) is 2.97. The summed E-state index contributed by atoms with van der Waals surface area (Å²) in [5.74, 6) is -0.625. The number of hydrogen-bond acceptors (Lipinski definition) is 5. The van der Waals surface area contributed by atoms with E-state index in [4.69, 9.17) is 0 Å². The highest BCUT2D eigenvalue weighted by Gasteiger charge is 2.13. The molecule has 10 nitrogen and oxygen atoms in total. The molecule has 4 rings (SSSR count). The van der Waals surface area contributed by atoms with Crippen molar-refractivity contribution in [3.8, 4) is 0 Å². The Morgan fingerprint density at radius 1 is 1.03 bits per heavy atom. The number of carbonyl (C=O) groups is 2. The van der Waals surface area contributed by atoms with Gasteiger partial charge < -0.3 is 10.6 Å². The molecule has 0 atom stereocenters. The summed E-state index contributed by atoms with van der Waals surface area (Å²) < 4.78 is 5.78. The summed E-state index contributed by atoms with van der Waals surface area (Å²) in [4.78, 5) is 25.1. The second-order valence-electron chi connectivity index (χ2n) is 6.60. The van der Waals surface area contributed by atoms with Crippen molar-refractivity contribution in [1.29, 1.82) is 0 Å². The van der Waals surface area contributed by atoms with E-state index in [1.807, 2.05) is 13.1 Å². The first-order valence-corrected chi connectivity index (χ1v) is 10.3. The van der Waals surface area contributed by atoms with E-state index in [2.05, 4.69) is 41.9 Å². The van der Waals surface area contributed by atoms with Gasteiger partial charge in [-0.15, -0.1) is 0 Å². The van der Waals surface area contributed by atoms with Crippen molar-refractivity contribution in [2.24, 2.45) is 0 Å². The van der Waals surface area contributed by atoms with E-state index in [0.717, 1.165) is 4.47 Å². The molecule has 0 saturated heterocycles. The van der Waals surface area contributed by atoms with Crippen molar-refractivity contribution in [3.63, 3.8) is 0 Å². The standard InChI is InChI=1S/C20H19BrN8O2/c1-2-29-18(6-8-22-29)20(31)25-16-5-3-4-15(10-16)24-19(30)17-7-9-27(26-17)13-28-12-14(21)11-23-28/h3-12H,2,13H2,1H3,(H,24,30)(H,25,31). The van der Waals surface area contributed by atoms with Gasteiger partial charge >= 0.3 is 0 Å². The second-order valence-corrected chi connectivity index (χ2v) is 7.52. The molecule has 0 aliphatic rings. The number of hydrogen-bond donors (Lipinski definition) is 2. The molecule has 0 aliphatic heterocycles. The summed E-state index contributed by atoms with van der Waals surface area (Å²) in [5.41, 5.74) is 1.83. The van der Waals surface area contributed by atoms with Gasteiger partial charge in [-0.05, 0) is 53.2 Å². The van der Waals surface area contributed by atoms with Crippen LogP contribution in [-0.2, 0) is 13.2 Å². The van der Waals surface area contributed by atoms with E-state index < -0.39 is 0 Å². The van der Waals surface area contributed by atoms with Crippen LogP contribution in [0.2, 0.25) is 0 Å². The van der Waals surface area contributed by atoms with Gasteiger partial charge in [0.2, 0.25) is 0 Å². The monoisotopic (exact) mass is 482 g/mol. The van der Waals surface area contributed by atoms with Crippen LogP contribution in [0, 0.1) is 0 Å². The lowest BCUT2D eigenvalue weighted by Crippen LogP contribution is -2.18. The third kappa shape index (κ3) is 4.89. The lowest BCUT2D eigenvalue weighted by Gasteiger charge is -2.09. The van der Waals surface area contributed by atoms with Crippen molar-refractivity contribution < 1.29 is 9.59 Å². The fourth-order valence-corrected chi connectivity index (χ4v) is 3.30. The lowest BCUT2D eigenvalue weighted by atomic mass is 10.2. The molecule has 4 aromatic rings.